The minimum atomic E-state index is -3.36. The van der Waals surface area contributed by atoms with Crippen LogP contribution in [0.4, 0.5) is 0 Å². The number of sulfone groups is 1. The van der Waals surface area contributed by atoms with Crippen LogP contribution in [0.2, 0.25) is 0 Å². The monoisotopic (exact) mass is 383 g/mol. The van der Waals surface area contributed by atoms with Crippen LogP contribution < -0.4 is 10.1 Å². The van der Waals surface area contributed by atoms with Crippen LogP contribution >= 0.6 is 0 Å². The van der Waals surface area contributed by atoms with Crippen LogP contribution in [0.3, 0.4) is 0 Å². The van der Waals surface area contributed by atoms with Crippen LogP contribution in [0.1, 0.15) is 5.56 Å². The number of ether oxygens (including phenoxy) is 1. The molecule has 7 heteroatoms. The highest BCUT2D eigenvalue weighted by atomic mass is 32.2. The SMILES string of the molecule is CS(=O)(=O)c1cn(CC2=NCCN2)c2ccc(OCc3ccccc3)cc12. The first kappa shape index (κ1) is 17.6. The van der Waals surface area contributed by atoms with Crippen molar-refractivity contribution in [2.75, 3.05) is 19.3 Å². The predicted molar refractivity (Wildman–Crippen MR) is 106 cm³/mol. The second kappa shape index (κ2) is 7.08. The highest BCUT2D eigenvalue weighted by Crippen LogP contribution is 2.29. The topological polar surface area (TPSA) is 72.7 Å². The maximum atomic E-state index is 12.3. The quantitative estimate of drug-likeness (QED) is 0.710. The average molecular weight is 383 g/mol. The van der Waals surface area contributed by atoms with Gasteiger partial charge in [-0.05, 0) is 23.8 Å². The van der Waals surface area contributed by atoms with Crippen molar-refractivity contribution in [1.29, 1.82) is 0 Å². The van der Waals surface area contributed by atoms with Crippen LogP contribution in [-0.4, -0.2) is 38.2 Å². The number of benzene rings is 2. The van der Waals surface area contributed by atoms with E-state index in [0.717, 1.165) is 30.0 Å². The van der Waals surface area contributed by atoms with E-state index >= 15 is 0 Å². The fourth-order valence-corrected chi connectivity index (χ4v) is 4.10. The summed E-state index contributed by atoms with van der Waals surface area (Å²) in [6, 6.07) is 15.4. The van der Waals surface area contributed by atoms with Gasteiger partial charge in [0.15, 0.2) is 9.84 Å². The van der Waals surface area contributed by atoms with Gasteiger partial charge in [0.25, 0.3) is 0 Å². The van der Waals surface area contributed by atoms with E-state index in [1.807, 2.05) is 47.0 Å². The molecule has 140 valence electrons. The van der Waals surface area contributed by atoms with Crippen molar-refractivity contribution in [3.8, 4) is 5.75 Å². The number of nitrogens with one attached hydrogen (secondary N) is 1. The normalized spacial score (nSPS) is 14.2. The van der Waals surface area contributed by atoms with Gasteiger partial charge in [-0.1, -0.05) is 30.3 Å². The van der Waals surface area contributed by atoms with Crippen molar-refractivity contribution in [3.63, 3.8) is 0 Å². The molecule has 0 atom stereocenters. The Balaban J connectivity index is 1.68. The first-order valence-corrected chi connectivity index (χ1v) is 10.7. The molecule has 0 bridgehead atoms. The van der Waals surface area contributed by atoms with Crippen LogP contribution in [0.5, 0.6) is 5.75 Å². The Bertz CT molecular complexity index is 1100. The van der Waals surface area contributed by atoms with Crippen LogP contribution in [0, 0.1) is 0 Å². The van der Waals surface area contributed by atoms with Gasteiger partial charge in [0, 0.05) is 24.4 Å². The minimum Gasteiger partial charge on any atom is -0.489 e. The Morgan fingerprint density at radius 2 is 2.00 bits per heavy atom. The molecule has 1 aliphatic rings. The number of aliphatic imine (C=N–C) groups is 1. The number of nitrogens with zero attached hydrogens (tertiary/aromatic N) is 2. The van der Waals surface area contributed by atoms with Gasteiger partial charge in [-0.25, -0.2) is 8.42 Å². The van der Waals surface area contributed by atoms with Crippen molar-refractivity contribution < 1.29 is 13.2 Å². The summed E-state index contributed by atoms with van der Waals surface area (Å²) in [7, 11) is -3.36. The average Bonchev–Trinajstić information content (AvgIpc) is 3.29. The van der Waals surface area contributed by atoms with Crippen LogP contribution in [-0.2, 0) is 23.0 Å². The summed E-state index contributed by atoms with van der Waals surface area (Å²) in [4.78, 5) is 4.71. The maximum absolute atomic E-state index is 12.3. The van der Waals surface area contributed by atoms with E-state index in [4.69, 9.17) is 4.74 Å². The van der Waals surface area contributed by atoms with Gasteiger partial charge in [-0.15, -0.1) is 0 Å². The first-order chi connectivity index (χ1) is 13.0. The lowest BCUT2D eigenvalue weighted by atomic mass is 10.2. The molecule has 0 radical (unpaired) electrons. The van der Waals surface area contributed by atoms with E-state index in [0.29, 0.717) is 29.2 Å². The molecule has 2 aromatic carbocycles. The smallest absolute Gasteiger partial charge is 0.177 e. The molecule has 0 saturated carbocycles. The molecule has 0 amide bonds. The highest BCUT2D eigenvalue weighted by Gasteiger charge is 2.19. The van der Waals surface area contributed by atoms with Crippen LogP contribution in [0.25, 0.3) is 10.9 Å². The van der Waals surface area contributed by atoms with E-state index in [1.165, 1.54) is 6.26 Å². The molecule has 0 spiro atoms. The Kier molecular flexibility index (Phi) is 4.61. The summed E-state index contributed by atoms with van der Waals surface area (Å²) >= 11 is 0. The Labute approximate surface area is 158 Å². The molecule has 2 heterocycles. The number of hydrogen-bond acceptors (Lipinski definition) is 5. The molecule has 27 heavy (non-hydrogen) atoms. The lowest BCUT2D eigenvalue weighted by Crippen LogP contribution is -2.23. The molecule has 1 aromatic heterocycles. The van der Waals surface area contributed by atoms with Gasteiger partial charge >= 0.3 is 0 Å². The molecule has 4 rings (SSSR count). The fraction of sp³-hybridized carbons (Fsp3) is 0.250. The zero-order valence-electron chi connectivity index (χ0n) is 15.1. The lowest BCUT2D eigenvalue weighted by Gasteiger charge is -2.08. The van der Waals surface area contributed by atoms with Gasteiger partial charge < -0.3 is 14.6 Å². The molecular formula is C20H21N3O3S. The van der Waals surface area contributed by atoms with Gasteiger partial charge in [0.2, 0.25) is 0 Å². The summed E-state index contributed by atoms with van der Waals surface area (Å²) in [6.07, 6.45) is 2.92. The Hall–Kier alpha value is -2.80. The maximum Gasteiger partial charge on any atom is 0.177 e. The van der Waals surface area contributed by atoms with Crippen molar-refractivity contribution in [2.24, 2.45) is 4.99 Å². The molecular weight excluding hydrogens is 362 g/mol. The molecule has 0 fully saturated rings. The lowest BCUT2D eigenvalue weighted by molar-refractivity contribution is 0.306. The van der Waals surface area contributed by atoms with Crippen molar-refractivity contribution in [1.82, 2.24) is 9.88 Å². The molecule has 1 N–H and O–H groups in total. The summed E-state index contributed by atoms with van der Waals surface area (Å²) < 4.78 is 32.4. The number of amidine groups is 1. The summed E-state index contributed by atoms with van der Waals surface area (Å²) in [6.45, 7) is 2.54. The van der Waals surface area contributed by atoms with E-state index in [1.54, 1.807) is 12.3 Å². The predicted octanol–water partition coefficient (Wildman–Crippen LogP) is 2.63. The first-order valence-electron chi connectivity index (χ1n) is 8.77. The Morgan fingerprint density at radius 1 is 1.19 bits per heavy atom. The molecule has 0 unspecified atom stereocenters. The number of aromatic nitrogens is 1. The zero-order chi connectivity index (χ0) is 18.9. The van der Waals surface area contributed by atoms with Crippen LogP contribution in [0.15, 0.2) is 64.6 Å². The van der Waals surface area contributed by atoms with E-state index in [2.05, 4.69) is 10.3 Å². The van der Waals surface area contributed by atoms with Gasteiger partial charge in [-0.3, -0.25) is 4.99 Å². The second-order valence-corrected chi connectivity index (χ2v) is 8.59. The third kappa shape index (κ3) is 3.83. The van der Waals surface area contributed by atoms with E-state index in [-0.39, 0.29) is 0 Å². The number of hydrogen-bond donors (Lipinski definition) is 1. The van der Waals surface area contributed by atoms with E-state index in [9.17, 15) is 8.42 Å². The molecule has 0 aliphatic carbocycles. The molecule has 3 aromatic rings. The standard InChI is InChI=1S/C20H21N3O3S/c1-27(24,25)19-12-23(13-20-21-9-10-22-20)18-8-7-16(11-17(18)19)26-14-15-5-3-2-4-6-15/h2-8,11-12H,9-10,13-14H2,1H3,(H,21,22). The van der Waals surface area contributed by atoms with Gasteiger partial charge in [0.05, 0.1) is 23.5 Å². The third-order valence-electron chi connectivity index (χ3n) is 4.53. The summed E-state index contributed by atoms with van der Waals surface area (Å²) in [5.41, 5.74) is 1.91. The third-order valence-corrected chi connectivity index (χ3v) is 5.65. The molecule has 0 saturated heterocycles. The second-order valence-electron chi connectivity index (χ2n) is 6.60. The summed E-state index contributed by atoms with van der Waals surface area (Å²) in [5, 5.41) is 3.89. The van der Waals surface area contributed by atoms with Gasteiger partial charge in [0.1, 0.15) is 18.2 Å². The Morgan fingerprint density at radius 3 is 2.70 bits per heavy atom. The number of fused-ring (bicyclic) bond motifs is 1. The largest absolute Gasteiger partial charge is 0.489 e. The fourth-order valence-electron chi connectivity index (χ4n) is 3.21. The van der Waals surface area contributed by atoms with Crippen molar-refractivity contribution in [3.05, 3.63) is 60.3 Å². The van der Waals surface area contributed by atoms with Crippen molar-refractivity contribution >= 4 is 26.6 Å². The highest BCUT2D eigenvalue weighted by molar-refractivity contribution is 7.91. The van der Waals surface area contributed by atoms with Gasteiger partial charge in [-0.2, -0.15) is 0 Å². The minimum absolute atomic E-state index is 0.307. The number of rotatable bonds is 6. The molecule has 6 nitrogen and oxygen atoms in total. The molecule has 1 aliphatic heterocycles. The summed E-state index contributed by atoms with van der Waals surface area (Å²) in [5.74, 6) is 1.52. The van der Waals surface area contributed by atoms with E-state index < -0.39 is 9.84 Å². The van der Waals surface area contributed by atoms with Crippen molar-refractivity contribution in [2.45, 2.75) is 18.0 Å². The zero-order valence-corrected chi connectivity index (χ0v) is 15.9.